The zero-order chi connectivity index (χ0) is 26.6. The van der Waals surface area contributed by atoms with Crippen LogP contribution in [0.25, 0.3) is 16.4 Å². The van der Waals surface area contributed by atoms with Crippen LogP contribution in [-0.2, 0) is 11.3 Å². The average molecular weight is 505 g/mol. The Bertz CT molecular complexity index is 1420. The van der Waals surface area contributed by atoms with Crippen LogP contribution in [0.2, 0.25) is 0 Å². The van der Waals surface area contributed by atoms with Crippen molar-refractivity contribution in [1.82, 2.24) is 19.5 Å². The minimum absolute atomic E-state index is 0.0249. The summed E-state index contributed by atoms with van der Waals surface area (Å²) in [6.07, 6.45) is 2.16. The van der Waals surface area contributed by atoms with Crippen molar-refractivity contribution in [3.05, 3.63) is 66.1 Å². The number of methoxy groups -OCH3 is 1. The molecule has 1 amide bonds. The molecule has 0 saturated heterocycles. The van der Waals surface area contributed by atoms with Gasteiger partial charge in [0.1, 0.15) is 23.7 Å². The highest BCUT2D eigenvalue weighted by Crippen LogP contribution is 2.29. The molecule has 0 aliphatic carbocycles. The second-order valence-electron chi connectivity index (χ2n) is 9.82. The Hall–Kier alpha value is -4.14. The molecule has 2 aromatic carbocycles. The molecule has 0 aliphatic heterocycles. The summed E-state index contributed by atoms with van der Waals surface area (Å²) >= 11 is 0. The Morgan fingerprint density at radius 2 is 1.86 bits per heavy atom. The van der Waals surface area contributed by atoms with E-state index in [2.05, 4.69) is 10.2 Å². The summed E-state index contributed by atoms with van der Waals surface area (Å²) < 4.78 is 18.5. The molecule has 0 saturated carbocycles. The molecule has 2 heterocycles. The van der Waals surface area contributed by atoms with E-state index in [-0.39, 0.29) is 12.4 Å². The number of hydrogen-bond donors (Lipinski definition) is 0. The van der Waals surface area contributed by atoms with Gasteiger partial charge in [0.2, 0.25) is 0 Å². The number of rotatable bonds is 9. The van der Waals surface area contributed by atoms with Crippen LogP contribution in [0.3, 0.4) is 0 Å². The zero-order valence-electron chi connectivity index (χ0n) is 21.9. The third kappa shape index (κ3) is 6.35. The Morgan fingerprint density at radius 3 is 2.62 bits per heavy atom. The Balaban J connectivity index is 1.41. The lowest BCUT2D eigenvalue weighted by molar-refractivity contribution is 0.0295. The molecule has 0 N–H and O–H groups in total. The summed E-state index contributed by atoms with van der Waals surface area (Å²) in [6.45, 7) is 6.07. The van der Waals surface area contributed by atoms with Crippen LogP contribution in [-0.4, -0.2) is 57.7 Å². The number of benzene rings is 2. The van der Waals surface area contributed by atoms with Crippen LogP contribution in [0, 0.1) is 0 Å². The molecule has 4 aromatic rings. The maximum atomic E-state index is 12.8. The number of hydrogen-bond acceptors (Lipinski definition) is 7. The number of ether oxygens (including phenoxy) is 3. The molecule has 0 radical (unpaired) electrons. The van der Waals surface area contributed by atoms with Crippen LogP contribution < -0.4 is 9.47 Å². The van der Waals surface area contributed by atoms with Gasteiger partial charge in [-0.2, -0.15) is 0 Å². The van der Waals surface area contributed by atoms with E-state index in [4.69, 9.17) is 14.2 Å². The van der Waals surface area contributed by atoms with Gasteiger partial charge in [-0.25, -0.2) is 4.79 Å². The molecule has 4 rings (SSSR count). The second kappa shape index (κ2) is 10.9. The van der Waals surface area contributed by atoms with Gasteiger partial charge in [-0.3, -0.25) is 9.20 Å². The lowest BCUT2D eigenvalue weighted by atomic mass is 10.1. The quantitative estimate of drug-likeness (QED) is 0.285. The van der Waals surface area contributed by atoms with Crippen molar-refractivity contribution in [2.24, 2.45) is 0 Å². The SMILES string of the molecule is COc1ccc2c(OCc3nnc4ccc(C(=O)CCCN(C)C(=O)OC(C)(C)C)cn34)cccc2c1. The normalized spacial score (nSPS) is 11.5. The first-order valence-electron chi connectivity index (χ1n) is 12.1. The Labute approximate surface area is 215 Å². The van der Waals surface area contributed by atoms with E-state index in [1.165, 1.54) is 4.90 Å². The summed E-state index contributed by atoms with van der Waals surface area (Å²) in [5.74, 6) is 2.06. The predicted octanol–water partition coefficient (Wildman–Crippen LogP) is 5.30. The van der Waals surface area contributed by atoms with E-state index >= 15 is 0 Å². The van der Waals surface area contributed by atoms with Crippen molar-refractivity contribution in [2.45, 2.75) is 45.8 Å². The van der Waals surface area contributed by atoms with Gasteiger partial charge in [0.25, 0.3) is 0 Å². The molecule has 0 bridgehead atoms. The van der Waals surface area contributed by atoms with Crippen LogP contribution >= 0.6 is 0 Å². The highest BCUT2D eigenvalue weighted by Gasteiger charge is 2.20. The molecule has 0 atom stereocenters. The lowest BCUT2D eigenvalue weighted by Gasteiger charge is -2.24. The van der Waals surface area contributed by atoms with Crippen molar-refractivity contribution in [1.29, 1.82) is 0 Å². The number of nitrogens with zero attached hydrogens (tertiary/aromatic N) is 4. The molecule has 0 unspecified atom stereocenters. The zero-order valence-corrected chi connectivity index (χ0v) is 21.9. The van der Waals surface area contributed by atoms with Gasteiger partial charge in [-0.1, -0.05) is 12.1 Å². The number of amides is 1. The molecule has 0 aliphatic rings. The fraction of sp³-hybridized carbons (Fsp3) is 0.357. The lowest BCUT2D eigenvalue weighted by Crippen LogP contribution is -2.34. The summed E-state index contributed by atoms with van der Waals surface area (Å²) in [5.41, 5.74) is 0.617. The minimum Gasteiger partial charge on any atom is -0.497 e. The standard InChI is InChI=1S/C28H32N4O5/c1-28(2,3)37-27(34)31(4)15-7-9-23(33)20-11-14-25-29-30-26(32(25)17-20)18-36-24-10-6-8-19-16-21(35-5)12-13-22(19)24/h6,8,10-14,16-17H,7,9,15,18H2,1-5H3. The maximum absolute atomic E-state index is 12.8. The van der Waals surface area contributed by atoms with Gasteiger partial charge in [0.05, 0.1) is 7.11 Å². The largest absolute Gasteiger partial charge is 0.497 e. The van der Waals surface area contributed by atoms with Crippen molar-refractivity contribution in [3.8, 4) is 11.5 Å². The topological polar surface area (TPSA) is 95.3 Å². The number of fused-ring (bicyclic) bond motifs is 2. The second-order valence-corrected chi connectivity index (χ2v) is 9.82. The Morgan fingerprint density at radius 1 is 1.05 bits per heavy atom. The molecular formula is C28H32N4O5. The fourth-order valence-electron chi connectivity index (χ4n) is 3.88. The number of carbonyl (C=O) groups excluding carboxylic acids is 2. The molecule has 2 aromatic heterocycles. The van der Waals surface area contributed by atoms with E-state index in [1.54, 1.807) is 36.9 Å². The summed E-state index contributed by atoms with van der Waals surface area (Å²) in [5, 5.41) is 10.4. The first kappa shape index (κ1) is 25.9. The smallest absolute Gasteiger partial charge is 0.410 e. The van der Waals surface area contributed by atoms with Gasteiger partial charge >= 0.3 is 6.09 Å². The Kier molecular flexibility index (Phi) is 7.61. The molecule has 0 spiro atoms. The van der Waals surface area contributed by atoms with Crippen molar-refractivity contribution in [3.63, 3.8) is 0 Å². The predicted molar refractivity (Wildman–Crippen MR) is 140 cm³/mol. The van der Waals surface area contributed by atoms with E-state index in [9.17, 15) is 9.59 Å². The molecular weight excluding hydrogens is 472 g/mol. The number of carbonyl (C=O) groups is 2. The number of aromatic nitrogens is 3. The number of Topliss-reactive ketones (excluding diaryl/α,β-unsaturated/α-hetero) is 1. The third-order valence-corrected chi connectivity index (χ3v) is 5.80. The van der Waals surface area contributed by atoms with E-state index in [0.717, 1.165) is 22.3 Å². The van der Waals surface area contributed by atoms with Gasteiger partial charge in [0.15, 0.2) is 17.3 Å². The van der Waals surface area contributed by atoms with Crippen LogP contribution in [0.15, 0.2) is 54.7 Å². The van der Waals surface area contributed by atoms with E-state index < -0.39 is 11.7 Å². The molecule has 37 heavy (non-hydrogen) atoms. The van der Waals surface area contributed by atoms with Gasteiger partial charge in [0, 0.05) is 37.2 Å². The summed E-state index contributed by atoms with van der Waals surface area (Å²) in [4.78, 5) is 26.4. The molecule has 9 heteroatoms. The molecule has 9 nitrogen and oxygen atoms in total. The van der Waals surface area contributed by atoms with E-state index in [1.807, 2.05) is 57.2 Å². The van der Waals surface area contributed by atoms with Gasteiger partial charge < -0.3 is 19.1 Å². The fourth-order valence-corrected chi connectivity index (χ4v) is 3.88. The van der Waals surface area contributed by atoms with E-state index in [0.29, 0.717) is 36.4 Å². The van der Waals surface area contributed by atoms with Crippen molar-refractivity contribution < 1.29 is 23.8 Å². The van der Waals surface area contributed by atoms with Gasteiger partial charge in [-0.05, 0) is 69.0 Å². The first-order valence-corrected chi connectivity index (χ1v) is 12.1. The number of pyridine rings is 1. The van der Waals surface area contributed by atoms with Crippen LogP contribution in [0.5, 0.6) is 11.5 Å². The number of ketones is 1. The maximum Gasteiger partial charge on any atom is 0.410 e. The van der Waals surface area contributed by atoms with Crippen LogP contribution in [0.1, 0.15) is 49.8 Å². The monoisotopic (exact) mass is 504 g/mol. The highest BCUT2D eigenvalue weighted by molar-refractivity contribution is 5.96. The molecule has 0 fully saturated rings. The first-order chi connectivity index (χ1) is 17.6. The average Bonchev–Trinajstić information content (AvgIpc) is 3.28. The van der Waals surface area contributed by atoms with Crippen LogP contribution in [0.4, 0.5) is 4.79 Å². The van der Waals surface area contributed by atoms with Gasteiger partial charge in [-0.15, -0.1) is 10.2 Å². The third-order valence-electron chi connectivity index (χ3n) is 5.80. The molecule has 194 valence electrons. The minimum atomic E-state index is -0.558. The summed E-state index contributed by atoms with van der Waals surface area (Å²) in [7, 11) is 3.31. The summed E-state index contributed by atoms with van der Waals surface area (Å²) in [6, 6.07) is 15.1. The highest BCUT2D eigenvalue weighted by atomic mass is 16.6. The van der Waals surface area contributed by atoms with Crippen molar-refractivity contribution in [2.75, 3.05) is 20.7 Å². The van der Waals surface area contributed by atoms with Crippen molar-refractivity contribution >= 4 is 28.3 Å².